The molecule has 88 valence electrons. The van der Waals surface area contributed by atoms with Crippen LogP contribution in [0, 0.1) is 0 Å². The molecule has 0 aromatic carbocycles. The Hall–Kier alpha value is -1.86. The van der Waals surface area contributed by atoms with Crippen LogP contribution in [0.25, 0.3) is 0 Å². The third-order valence-corrected chi connectivity index (χ3v) is 3.01. The second kappa shape index (κ2) is 4.98. The number of hydrogen-bond acceptors (Lipinski definition) is 6. The maximum Gasteiger partial charge on any atom is 0.259 e. The summed E-state index contributed by atoms with van der Waals surface area (Å²) in [5.74, 6) is -0.259. The van der Waals surface area contributed by atoms with E-state index in [2.05, 4.69) is 20.5 Å². The van der Waals surface area contributed by atoms with Crippen molar-refractivity contribution in [3.05, 3.63) is 35.1 Å². The molecular weight excluding hydrogens is 238 g/mol. The summed E-state index contributed by atoms with van der Waals surface area (Å²) < 4.78 is 0. The van der Waals surface area contributed by atoms with Crippen LogP contribution in [0.3, 0.4) is 0 Å². The molecule has 2 aromatic rings. The second-order valence-corrected chi connectivity index (χ2v) is 4.44. The molecule has 2 aromatic heterocycles. The standard InChI is InChI=1S/C10H11N5OS/c1-6(11)9-14-15-10(17-9)13-8(16)7-3-2-4-12-5-7/h2-6H,11H2,1H3,(H,13,15,16). The molecule has 1 atom stereocenters. The van der Waals surface area contributed by atoms with Crippen molar-refractivity contribution in [2.45, 2.75) is 13.0 Å². The highest BCUT2D eigenvalue weighted by atomic mass is 32.1. The minimum absolute atomic E-state index is 0.184. The van der Waals surface area contributed by atoms with E-state index in [1.165, 1.54) is 17.5 Å². The highest BCUT2D eigenvalue weighted by Gasteiger charge is 2.11. The molecule has 17 heavy (non-hydrogen) atoms. The summed E-state index contributed by atoms with van der Waals surface area (Å²) in [7, 11) is 0. The first-order chi connectivity index (χ1) is 8.16. The Bertz CT molecular complexity index is 510. The minimum Gasteiger partial charge on any atom is -0.322 e. The maximum atomic E-state index is 11.7. The first-order valence-electron chi connectivity index (χ1n) is 4.97. The monoisotopic (exact) mass is 249 g/mol. The van der Waals surface area contributed by atoms with Crippen LogP contribution < -0.4 is 11.1 Å². The Morgan fingerprint density at radius 2 is 2.35 bits per heavy atom. The average Bonchev–Trinajstić information content (AvgIpc) is 2.79. The van der Waals surface area contributed by atoms with Gasteiger partial charge in [-0.05, 0) is 19.1 Å². The van der Waals surface area contributed by atoms with Gasteiger partial charge in [0.2, 0.25) is 5.13 Å². The maximum absolute atomic E-state index is 11.7. The molecular formula is C10H11N5OS. The Morgan fingerprint density at radius 3 is 2.94 bits per heavy atom. The molecule has 0 saturated carbocycles. The number of anilines is 1. The average molecular weight is 249 g/mol. The lowest BCUT2D eigenvalue weighted by atomic mass is 10.3. The van der Waals surface area contributed by atoms with E-state index < -0.39 is 0 Å². The molecule has 3 N–H and O–H groups in total. The van der Waals surface area contributed by atoms with Gasteiger partial charge in [0.15, 0.2) is 0 Å². The highest BCUT2D eigenvalue weighted by molar-refractivity contribution is 7.15. The number of nitrogens with zero attached hydrogens (tertiary/aromatic N) is 3. The molecule has 0 aliphatic heterocycles. The smallest absolute Gasteiger partial charge is 0.259 e. The lowest BCUT2D eigenvalue weighted by molar-refractivity contribution is 0.102. The molecule has 2 rings (SSSR count). The van der Waals surface area contributed by atoms with Gasteiger partial charge in [0.25, 0.3) is 5.91 Å². The van der Waals surface area contributed by atoms with E-state index in [-0.39, 0.29) is 11.9 Å². The predicted molar refractivity (Wildman–Crippen MR) is 64.7 cm³/mol. The molecule has 0 aliphatic rings. The first-order valence-corrected chi connectivity index (χ1v) is 5.79. The lowest BCUT2D eigenvalue weighted by Crippen LogP contribution is -2.11. The number of aromatic nitrogens is 3. The zero-order valence-corrected chi connectivity index (χ0v) is 9.94. The van der Waals surface area contributed by atoms with Gasteiger partial charge in [-0.25, -0.2) is 0 Å². The molecule has 0 fully saturated rings. The Balaban J connectivity index is 2.08. The van der Waals surface area contributed by atoms with Crippen LogP contribution in [0.5, 0.6) is 0 Å². The number of amides is 1. The van der Waals surface area contributed by atoms with Crippen molar-refractivity contribution < 1.29 is 4.79 Å². The second-order valence-electron chi connectivity index (χ2n) is 3.43. The quantitative estimate of drug-likeness (QED) is 0.852. The van der Waals surface area contributed by atoms with Crippen molar-refractivity contribution in [1.82, 2.24) is 15.2 Å². The van der Waals surface area contributed by atoms with Gasteiger partial charge in [-0.3, -0.25) is 15.1 Å². The van der Waals surface area contributed by atoms with Crippen LogP contribution in [-0.4, -0.2) is 21.1 Å². The normalized spacial score (nSPS) is 12.1. The van der Waals surface area contributed by atoms with Crippen molar-refractivity contribution in [3.8, 4) is 0 Å². The molecule has 0 aliphatic carbocycles. The van der Waals surface area contributed by atoms with Gasteiger partial charge in [-0.15, -0.1) is 10.2 Å². The molecule has 7 heteroatoms. The molecule has 0 radical (unpaired) electrons. The molecule has 1 unspecified atom stereocenters. The van der Waals surface area contributed by atoms with E-state index >= 15 is 0 Å². The summed E-state index contributed by atoms with van der Waals surface area (Å²) in [5, 5.41) is 11.5. The van der Waals surface area contributed by atoms with Crippen LogP contribution in [0.1, 0.15) is 28.3 Å². The molecule has 2 heterocycles. The zero-order valence-electron chi connectivity index (χ0n) is 9.12. The zero-order chi connectivity index (χ0) is 12.3. The van der Waals surface area contributed by atoms with Crippen molar-refractivity contribution in [3.63, 3.8) is 0 Å². The number of hydrogen-bond donors (Lipinski definition) is 2. The Morgan fingerprint density at radius 1 is 1.53 bits per heavy atom. The number of rotatable bonds is 3. The summed E-state index contributed by atoms with van der Waals surface area (Å²) in [6.07, 6.45) is 3.10. The van der Waals surface area contributed by atoms with Gasteiger partial charge in [0, 0.05) is 12.4 Å². The predicted octanol–water partition coefficient (Wildman–Crippen LogP) is 1.21. The number of carbonyl (C=O) groups excluding carboxylic acids is 1. The fraction of sp³-hybridized carbons (Fsp3) is 0.200. The van der Waals surface area contributed by atoms with Gasteiger partial charge in [-0.2, -0.15) is 0 Å². The first kappa shape index (κ1) is 11.6. The fourth-order valence-electron chi connectivity index (χ4n) is 1.14. The van der Waals surface area contributed by atoms with Gasteiger partial charge in [0.05, 0.1) is 11.6 Å². The van der Waals surface area contributed by atoms with Crippen LogP contribution in [0.15, 0.2) is 24.5 Å². The van der Waals surface area contributed by atoms with E-state index in [4.69, 9.17) is 5.73 Å². The van der Waals surface area contributed by atoms with Crippen molar-refractivity contribution in [2.75, 3.05) is 5.32 Å². The number of nitrogens with one attached hydrogen (secondary N) is 1. The van der Waals surface area contributed by atoms with E-state index in [9.17, 15) is 4.79 Å². The largest absolute Gasteiger partial charge is 0.322 e. The minimum atomic E-state index is -0.259. The summed E-state index contributed by atoms with van der Waals surface area (Å²) in [4.78, 5) is 15.6. The van der Waals surface area contributed by atoms with Crippen molar-refractivity contribution in [1.29, 1.82) is 0 Å². The van der Waals surface area contributed by atoms with Gasteiger partial charge in [0.1, 0.15) is 5.01 Å². The van der Waals surface area contributed by atoms with E-state index in [0.29, 0.717) is 15.7 Å². The van der Waals surface area contributed by atoms with Crippen LogP contribution >= 0.6 is 11.3 Å². The Kier molecular flexibility index (Phi) is 3.40. The molecule has 6 nitrogen and oxygen atoms in total. The molecule has 0 spiro atoms. The summed E-state index contributed by atoms with van der Waals surface area (Å²) in [5.41, 5.74) is 6.13. The van der Waals surface area contributed by atoms with E-state index in [1.54, 1.807) is 18.3 Å². The SMILES string of the molecule is CC(N)c1nnc(NC(=O)c2cccnc2)s1. The van der Waals surface area contributed by atoms with Gasteiger partial charge >= 0.3 is 0 Å². The number of carbonyl (C=O) groups is 1. The summed E-state index contributed by atoms with van der Waals surface area (Å²) >= 11 is 1.26. The topological polar surface area (TPSA) is 93.8 Å². The summed E-state index contributed by atoms with van der Waals surface area (Å²) in [6.45, 7) is 1.81. The van der Waals surface area contributed by atoms with Crippen molar-refractivity contribution >= 4 is 22.4 Å². The fourth-order valence-corrected chi connectivity index (χ4v) is 1.83. The molecule has 0 saturated heterocycles. The highest BCUT2D eigenvalue weighted by Crippen LogP contribution is 2.20. The third kappa shape index (κ3) is 2.83. The van der Waals surface area contributed by atoms with E-state index in [1.807, 2.05) is 6.92 Å². The third-order valence-electron chi connectivity index (χ3n) is 1.97. The van der Waals surface area contributed by atoms with Gasteiger partial charge < -0.3 is 5.73 Å². The lowest BCUT2D eigenvalue weighted by Gasteiger charge is -1.99. The van der Waals surface area contributed by atoms with Crippen LogP contribution in [0.2, 0.25) is 0 Å². The van der Waals surface area contributed by atoms with Crippen molar-refractivity contribution in [2.24, 2.45) is 5.73 Å². The molecule has 0 bridgehead atoms. The Labute approximate surface area is 102 Å². The number of pyridine rings is 1. The number of nitrogens with two attached hydrogens (primary N) is 1. The summed E-state index contributed by atoms with van der Waals surface area (Å²) in [6, 6.07) is 3.19. The van der Waals surface area contributed by atoms with E-state index in [0.717, 1.165) is 0 Å². The van der Waals surface area contributed by atoms with Crippen LogP contribution in [-0.2, 0) is 0 Å². The van der Waals surface area contributed by atoms with Gasteiger partial charge in [-0.1, -0.05) is 11.3 Å². The molecule has 1 amide bonds. The van der Waals surface area contributed by atoms with Crippen LogP contribution in [0.4, 0.5) is 5.13 Å².